The Morgan fingerprint density at radius 3 is 3.04 bits per heavy atom. The van der Waals surface area contributed by atoms with E-state index in [0.29, 0.717) is 29.7 Å². The van der Waals surface area contributed by atoms with Gasteiger partial charge in [0, 0.05) is 30.2 Å². The summed E-state index contributed by atoms with van der Waals surface area (Å²) < 4.78 is 5.64. The number of hydrogen-bond acceptors (Lipinski definition) is 9. The lowest BCUT2D eigenvalue weighted by Gasteiger charge is -2.24. The first-order chi connectivity index (χ1) is 13.6. The topological polar surface area (TPSA) is 102 Å². The molecule has 146 valence electrons. The van der Waals surface area contributed by atoms with Crippen LogP contribution >= 0.6 is 23.4 Å². The highest BCUT2D eigenvalue weighted by Gasteiger charge is 2.19. The van der Waals surface area contributed by atoms with Crippen molar-refractivity contribution in [2.75, 3.05) is 44.0 Å². The van der Waals surface area contributed by atoms with E-state index in [1.165, 1.54) is 11.8 Å². The quantitative estimate of drug-likeness (QED) is 0.661. The summed E-state index contributed by atoms with van der Waals surface area (Å²) in [5, 5.41) is 4.46. The van der Waals surface area contributed by atoms with Crippen molar-refractivity contribution in [3.63, 3.8) is 0 Å². The molecule has 1 atom stereocenters. The first-order valence-corrected chi connectivity index (χ1v) is 10.0. The minimum absolute atomic E-state index is 0.259. The van der Waals surface area contributed by atoms with Crippen molar-refractivity contribution < 1.29 is 4.74 Å². The molecular formula is C18H20ClN7OS. The van der Waals surface area contributed by atoms with Gasteiger partial charge in [0.25, 0.3) is 0 Å². The predicted octanol–water partition coefficient (Wildman–Crippen LogP) is 2.23. The Morgan fingerprint density at radius 2 is 2.18 bits per heavy atom. The number of halogens is 1. The zero-order valence-corrected chi connectivity index (χ0v) is 16.9. The molecule has 4 heterocycles. The number of aromatic nitrogens is 4. The van der Waals surface area contributed by atoms with Gasteiger partial charge in [-0.05, 0) is 25.2 Å². The first-order valence-electron chi connectivity index (χ1n) is 8.85. The second-order valence-electron chi connectivity index (χ2n) is 6.34. The molecule has 0 aromatic carbocycles. The highest BCUT2D eigenvalue weighted by Crippen LogP contribution is 2.34. The van der Waals surface area contributed by atoms with Crippen LogP contribution in [0.2, 0.25) is 5.02 Å². The van der Waals surface area contributed by atoms with Crippen LogP contribution in [0.5, 0.6) is 0 Å². The lowest BCUT2D eigenvalue weighted by Crippen LogP contribution is -2.40. The number of rotatable bonds is 4. The van der Waals surface area contributed by atoms with E-state index in [1.807, 2.05) is 25.2 Å². The van der Waals surface area contributed by atoms with Crippen LogP contribution in [0.4, 0.5) is 11.6 Å². The summed E-state index contributed by atoms with van der Waals surface area (Å²) >= 11 is 7.64. The first kappa shape index (κ1) is 19.1. The van der Waals surface area contributed by atoms with E-state index in [0.717, 1.165) is 34.3 Å². The van der Waals surface area contributed by atoms with Crippen molar-refractivity contribution in [3.8, 4) is 0 Å². The summed E-state index contributed by atoms with van der Waals surface area (Å²) in [6.07, 6.45) is 3.39. The second kappa shape index (κ2) is 8.44. The molecule has 0 aliphatic carbocycles. The Hall–Kier alpha value is -2.20. The summed E-state index contributed by atoms with van der Waals surface area (Å²) in [4.78, 5) is 20.8. The third-order valence-electron chi connectivity index (χ3n) is 4.46. The Labute approximate surface area is 171 Å². The molecule has 3 aromatic heterocycles. The number of ether oxygens (including phenoxy) is 1. The fourth-order valence-electron chi connectivity index (χ4n) is 2.91. The van der Waals surface area contributed by atoms with Gasteiger partial charge in [0.15, 0.2) is 5.65 Å². The molecule has 3 N–H and O–H groups in total. The zero-order chi connectivity index (χ0) is 19.5. The van der Waals surface area contributed by atoms with Crippen molar-refractivity contribution in [2.24, 2.45) is 0 Å². The number of nitrogens with one attached hydrogen (secondary N) is 1. The number of nitrogens with two attached hydrogens (primary N) is 1. The van der Waals surface area contributed by atoms with Gasteiger partial charge in [-0.1, -0.05) is 23.4 Å². The average molecular weight is 418 g/mol. The largest absolute Gasteiger partial charge is 0.382 e. The Balaban J connectivity index is 1.58. The van der Waals surface area contributed by atoms with Crippen molar-refractivity contribution in [1.29, 1.82) is 0 Å². The van der Waals surface area contributed by atoms with Crippen molar-refractivity contribution >= 4 is 46.2 Å². The van der Waals surface area contributed by atoms with Crippen LogP contribution in [-0.4, -0.2) is 59.3 Å². The summed E-state index contributed by atoms with van der Waals surface area (Å²) in [5.74, 6) is 1.13. The van der Waals surface area contributed by atoms with Gasteiger partial charge in [0.2, 0.25) is 0 Å². The summed E-state index contributed by atoms with van der Waals surface area (Å²) in [5.41, 5.74) is 7.10. The molecule has 4 rings (SSSR count). The van der Waals surface area contributed by atoms with Crippen LogP contribution in [0.15, 0.2) is 40.5 Å². The van der Waals surface area contributed by atoms with Crippen molar-refractivity contribution in [1.82, 2.24) is 25.3 Å². The molecule has 0 bridgehead atoms. The van der Waals surface area contributed by atoms with E-state index in [4.69, 9.17) is 27.1 Å². The van der Waals surface area contributed by atoms with E-state index in [1.54, 1.807) is 12.4 Å². The summed E-state index contributed by atoms with van der Waals surface area (Å²) in [6.45, 7) is 2.96. The molecule has 8 nitrogen and oxygen atoms in total. The number of fused-ring (bicyclic) bond motifs is 1. The molecule has 10 heteroatoms. The van der Waals surface area contributed by atoms with Gasteiger partial charge >= 0.3 is 0 Å². The van der Waals surface area contributed by atoms with Gasteiger partial charge in [-0.25, -0.2) is 19.9 Å². The normalized spacial score (nSPS) is 17.6. The number of nitrogen functional groups attached to an aromatic ring is 1. The Kier molecular flexibility index (Phi) is 5.77. The lowest BCUT2D eigenvalue weighted by atomic mass is 10.3. The standard InChI is InChI=1S/C18H20ClN7OS/c1-21-11-9-26(6-7-27-10-11)14-8-23-18-12(24-14)2-3-15(25-18)28-13-4-5-22-17(20)16(13)19/h2-5,8,11,21H,6-7,9-10H2,1H3,(H2,20,22). The van der Waals surface area contributed by atoms with E-state index in [2.05, 4.69) is 25.2 Å². The Morgan fingerprint density at radius 1 is 1.29 bits per heavy atom. The molecule has 0 saturated carbocycles. The maximum absolute atomic E-state index is 6.22. The van der Waals surface area contributed by atoms with E-state index >= 15 is 0 Å². The molecule has 0 radical (unpaired) electrons. The number of likely N-dealkylation sites (N-methyl/N-ethyl adjacent to an activating group) is 1. The fourth-order valence-corrected chi connectivity index (χ4v) is 3.96. The van der Waals surface area contributed by atoms with Gasteiger partial charge < -0.3 is 20.7 Å². The van der Waals surface area contributed by atoms with Crippen molar-refractivity contribution in [2.45, 2.75) is 16.0 Å². The summed E-state index contributed by atoms with van der Waals surface area (Å²) in [6, 6.07) is 5.89. The van der Waals surface area contributed by atoms with Crippen LogP contribution in [0.3, 0.4) is 0 Å². The maximum Gasteiger partial charge on any atom is 0.179 e. The fraction of sp³-hybridized carbons (Fsp3) is 0.333. The molecule has 3 aromatic rings. The molecule has 28 heavy (non-hydrogen) atoms. The molecule has 0 amide bonds. The summed E-state index contributed by atoms with van der Waals surface area (Å²) in [7, 11) is 1.94. The van der Waals surface area contributed by atoms with Gasteiger partial charge in [0.1, 0.15) is 22.2 Å². The van der Waals surface area contributed by atoms with Crippen LogP contribution < -0.4 is 16.0 Å². The maximum atomic E-state index is 6.22. The van der Waals surface area contributed by atoms with E-state index in [-0.39, 0.29) is 6.04 Å². The molecule has 0 spiro atoms. The highest BCUT2D eigenvalue weighted by atomic mass is 35.5. The number of pyridine rings is 2. The molecular weight excluding hydrogens is 398 g/mol. The predicted molar refractivity (Wildman–Crippen MR) is 111 cm³/mol. The van der Waals surface area contributed by atoms with Gasteiger partial charge in [-0.2, -0.15) is 0 Å². The minimum Gasteiger partial charge on any atom is -0.382 e. The SMILES string of the molecule is CNC1COCCN(c2cnc3nc(Sc4ccnc(N)c4Cl)ccc3n2)C1. The second-order valence-corrected chi connectivity index (χ2v) is 7.78. The van der Waals surface area contributed by atoms with Crippen LogP contribution in [0.1, 0.15) is 0 Å². The molecule has 1 unspecified atom stereocenters. The minimum atomic E-state index is 0.259. The lowest BCUT2D eigenvalue weighted by molar-refractivity contribution is 0.136. The number of anilines is 2. The zero-order valence-electron chi connectivity index (χ0n) is 15.3. The molecule has 1 aliphatic rings. The van der Waals surface area contributed by atoms with Gasteiger partial charge in [0.05, 0.1) is 24.4 Å². The number of hydrogen-bond donors (Lipinski definition) is 2. The van der Waals surface area contributed by atoms with Gasteiger partial charge in [-0.3, -0.25) is 0 Å². The van der Waals surface area contributed by atoms with E-state index in [9.17, 15) is 0 Å². The van der Waals surface area contributed by atoms with Crippen LogP contribution in [0.25, 0.3) is 11.2 Å². The Bertz CT molecular complexity index is 989. The average Bonchev–Trinajstić information content (AvgIpc) is 2.97. The number of nitrogens with zero attached hydrogens (tertiary/aromatic N) is 5. The highest BCUT2D eigenvalue weighted by molar-refractivity contribution is 7.99. The van der Waals surface area contributed by atoms with Crippen molar-refractivity contribution in [3.05, 3.63) is 35.6 Å². The molecule has 1 fully saturated rings. The monoisotopic (exact) mass is 417 g/mol. The van der Waals surface area contributed by atoms with Crippen LogP contribution in [-0.2, 0) is 4.74 Å². The third kappa shape index (κ3) is 4.12. The third-order valence-corrected chi connectivity index (χ3v) is 5.97. The molecule has 1 saturated heterocycles. The smallest absolute Gasteiger partial charge is 0.179 e. The molecule has 1 aliphatic heterocycles. The van der Waals surface area contributed by atoms with E-state index < -0.39 is 0 Å². The van der Waals surface area contributed by atoms with Gasteiger partial charge in [-0.15, -0.1) is 0 Å². The van der Waals surface area contributed by atoms with Crippen LogP contribution in [0, 0.1) is 0 Å².